The first-order valence-corrected chi connectivity index (χ1v) is 5.19. The van der Waals surface area contributed by atoms with Gasteiger partial charge in [-0.1, -0.05) is 0 Å². The zero-order valence-corrected chi connectivity index (χ0v) is 10.7. The van der Waals surface area contributed by atoms with Crippen LogP contribution < -0.4 is 3.58 Å². The summed E-state index contributed by atoms with van der Waals surface area (Å²) in [6, 6.07) is 10.5. The predicted molar refractivity (Wildman–Crippen MR) is 52.8 cm³/mol. The van der Waals surface area contributed by atoms with Crippen LogP contribution in [0.25, 0.3) is 0 Å². The Bertz CT molecular complexity index is 169. The molecular weight excluding hydrogens is 241 g/mol. The molecule has 2 radical (unpaired) electrons. The third-order valence-corrected chi connectivity index (χ3v) is 1.90. The Balaban J connectivity index is 0.000000218. The molecular formula is C9H15NSn. The zero-order valence-electron chi connectivity index (χ0n) is 7.41. The van der Waals surface area contributed by atoms with Crippen LogP contribution in [0, 0.1) is 0 Å². The van der Waals surface area contributed by atoms with Crippen LogP contribution in [-0.4, -0.2) is 48.6 Å². The average molecular weight is 256 g/mol. The molecule has 0 fully saturated rings. The van der Waals surface area contributed by atoms with Crippen LogP contribution in [0.1, 0.15) is 0 Å². The maximum atomic E-state index is 2.14. The number of hydrogen-bond acceptors (Lipinski definition) is 1. The summed E-state index contributed by atoms with van der Waals surface area (Å²) in [4.78, 5) is 2.00. The van der Waals surface area contributed by atoms with Gasteiger partial charge in [0.25, 0.3) is 0 Å². The topological polar surface area (TPSA) is 3.24 Å². The van der Waals surface area contributed by atoms with Crippen LogP contribution in [0.3, 0.4) is 0 Å². The summed E-state index contributed by atoms with van der Waals surface area (Å²) in [6.07, 6.45) is 0. The molecule has 1 aromatic carbocycles. The Morgan fingerprint density at radius 2 is 1.36 bits per heavy atom. The molecule has 1 aromatic rings. The summed E-state index contributed by atoms with van der Waals surface area (Å²) < 4.78 is 1.45. The van der Waals surface area contributed by atoms with Gasteiger partial charge in [0, 0.05) is 0 Å². The van der Waals surface area contributed by atoms with Gasteiger partial charge in [-0.25, -0.2) is 0 Å². The van der Waals surface area contributed by atoms with Crippen molar-refractivity contribution in [3.8, 4) is 0 Å². The van der Waals surface area contributed by atoms with Gasteiger partial charge in [-0.15, -0.1) is 0 Å². The van der Waals surface area contributed by atoms with E-state index in [1.165, 1.54) is 26.1 Å². The minimum atomic E-state index is 1.23. The quantitative estimate of drug-likeness (QED) is 0.607. The van der Waals surface area contributed by atoms with Crippen molar-refractivity contribution in [1.82, 2.24) is 4.90 Å². The van der Waals surface area contributed by atoms with Crippen molar-refractivity contribution in [2.75, 3.05) is 21.1 Å². The van der Waals surface area contributed by atoms with Crippen LogP contribution in [0.5, 0.6) is 0 Å². The number of benzene rings is 1. The maximum absolute atomic E-state index is 2.14. The van der Waals surface area contributed by atoms with Gasteiger partial charge in [0.15, 0.2) is 0 Å². The first kappa shape index (κ1) is 11.0. The van der Waals surface area contributed by atoms with E-state index in [2.05, 4.69) is 24.3 Å². The third kappa shape index (κ3) is 9.98. The molecule has 0 unspecified atom stereocenters. The standard InChI is InChI=1S/C6H5.C3H9N.Sn.H/c1-2-4-6-5-3-1;1-4(2)3;;/h1-5H;1-3H3;;. The van der Waals surface area contributed by atoms with Crippen molar-refractivity contribution in [3.05, 3.63) is 30.3 Å². The summed E-state index contributed by atoms with van der Waals surface area (Å²) in [5.41, 5.74) is 0. The summed E-state index contributed by atoms with van der Waals surface area (Å²) in [5.74, 6) is 0. The van der Waals surface area contributed by atoms with Crippen molar-refractivity contribution < 1.29 is 0 Å². The first-order valence-electron chi connectivity index (χ1n) is 3.54. The third-order valence-electron chi connectivity index (χ3n) is 0.800. The molecule has 0 bridgehead atoms. The molecule has 0 N–H and O–H groups in total. The molecule has 0 saturated heterocycles. The van der Waals surface area contributed by atoms with Gasteiger partial charge in [-0.3, -0.25) is 0 Å². The van der Waals surface area contributed by atoms with Crippen molar-refractivity contribution >= 4 is 26.1 Å². The first-order chi connectivity index (χ1) is 5.13. The molecule has 0 heterocycles. The zero-order chi connectivity index (χ0) is 8.69. The molecule has 0 aliphatic rings. The molecule has 0 aliphatic heterocycles. The van der Waals surface area contributed by atoms with Crippen molar-refractivity contribution in [3.63, 3.8) is 0 Å². The second-order valence-electron chi connectivity index (χ2n) is 2.75. The summed E-state index contributed by atoms with van der Waals surface area (Å²) in [7, 11) is 6.00. The van der Waals surface area contributed by atoms with Crippen LogP contribution >= 0.6 is 0 Å². The Labute approximate surface area is 82.5 Å². The van der Waals surface area contributed by atoms with E-state index in [4.69, 9.17) is 0 Å². The minimum absolute atomic E-state index is 1.23. The van der Waals surface area contributed by atoms with E-state index in [0.29, 0.717) is 0 Å². The second kappa shape index (κ2) is 6.67. The SMILES string of the molecule is CN(C)C.[SnH][c]1ccccc1. The molecule has 1 rings (SSSR count). The number of rotatable bonds is 0. The van der Waals surface area contributed by atoms with E-state index in [9.17, 15) is 0 Å². The fourth-order valence-corrected chi connectivity index (χ4v) is 1.09. The van der Waals surface area contributed by atoms with Gasteiger partial charge in [0.2, 0.25) is 0 Å². The fourth-order valence-electron chi connectivity index (χ4n) is 0.453. The van der Waals surface area contributed by atoms with E-state index in [1.54, 1.807) is 0 Å². The van der Waals surface area contributed by atoms with E-state index in [1.807, 2.05) is 32.1 Å². The molecule has 60 valence electrons. The van der Waals surface area contributed by atoms with Crippen LogP contribution in [-0.2, 0) is 0 Å². The van der Waals surface area contributed by atoms with Gasteiger partial charge in [0.1, 0.15) is 0 Å². The molecule has 11 heavy (non-hydrogen) atoms. The number of hydrogen-bond donors (Lipinski definition) is 0. The van der Waals surface area contributed by atoms with E-state index in [0.717, 1.165) is 0 Å². The van der Waals surface area contributed by atoms with Crippen molar-refractivity contribution in [2.24, 2.45) is 0 Å². The fraction of sp³-hybridized carbons (Fsp3) is 0.333. The summed E-state index contributed by atoms with van der Waals surface area (Å²) in [6.45, 7) is 0. The summed E-state index contributed by atoms with van der Waals surface area (Å²) in [5, 5.41) is 0. The Morgan fingerprint density at radius 1 is 1.00 bits per heavy atom. The molecule has 0 amide bonds. The molecule has 0 aromatic heterocycles. The van der Waals surface area contributed by atoms with Gasteiger partial charge in [-0.05, 0) is 21.1 Å². The average Bonchev–Trinajstić information content (AvgIpc) is 1.87. The molecule has 0 saturated carbocycles. The Morgan fingerprint density at radius 3 is 1.55 bits per heavy atom. The van der Waals surface area contributed by atoms with E-state index < -0.39 is 0 Å². The van der Waals surface area contributed by atoms with Crippen LogP contribution in [0.2, 0.25) is 0 Å². The summed E-state index contributed by atoms with van der Waals surface area (Å²) >= 11 is 1.23. The Hall–Kier alpha value is -0.0213. The molecule has 0 atom stereocenters. The monoisotopic (exact) mass is 257 g/mol. The van der Waals surface area contributed by atoms with E-state index >= 15 is 0 Å². The Kier molecular flexibility index (Phi) is 6.66. The number of nitrogens with zero attached hydrogens (tertiary/aromatic N) is 1. The van der Waals surface area contributed by atoms with E-state index in [-0.39, 0.29) is 0 Å². The van der Waals surface area contributed by atoms with Gasteiger partial charge < -0.3 is 4.90 Å². The van der Waals surface area contributed by atoms with Crippen LogP contribution in [0.4, 0.5) is 0 Å². The van der Waals surface area contributed by atoms with Crippen molar-refractivity contribution in [1.29, 1.82) is 0 Å². The predicted octanol–water partition coefficient (Wildman–Crippen LogP) is 0.390. The van der Waals surface area contributed by atoms with Gasteiger partial charge in [0.05, 0.1) is 0 Å². The normalized spacial score (nSPS) is 8.82. The second-order valence-corrected chi connectivity index (χ2v) is 4.66. The van der Waals surface area contributed by atoms with Gasteiger partial charge >= 0.3 is 56.4 Å². The molecule has 1 nitrogen and oxygen atoms in total. The van der Waals surface area contributed by atoms with Crippen LogP contribution in [0.15, 0.2) is 30.3 Å². The van der Waals surface area contributed by atoms with Gasteiger partial charge in [-0.2, -0.15) is 0 Å². The molecule has 0 spiro atoms. The van der Waals surface area contributed by atoms with Crippen molar-refractivity contribution in [2.45, 2.75) is 0 Å². The molecule has 0 aliphatic carbocycles. The molecule has 2 heteroatoms.